The predicted molar refractivity (Wildman–Crippen MR) is 70.3 cm³/mol. The molecule has 1 heterocycles. The summed E-state index contributed by atoms with van der Waals surface area (Å²) >= 11 is 0. The lowest BCUT2D eigenvalue weighted by atomic mass is 9.77. The van der Waals surface area contributed by atoms with Gasteiger partial charge in [-0.25, -0.2) is 4.98 Å². The van der Waals surface area contributed by atoms with Crippen LogP contribution in [0.2, 0.25) is 0 Å². The van der Waals surface area contributed by atoms with Crippen LogP contribution in [0.4, 0.5) is 0 Å². The average molecular weight is 242 g/mol. The zero-order valence-electron chi connectivity index (χ0n) is 10.6. The molecule has 0 radical (unpaired) electrons. The third-order valence-electron chi connectivity index (χ3n) is 3.84. The summed E-state index contributed by atoms with van der Waals surface area (Å²) in [4.78, 5) is 4.25. The summed E-state index contributed by atoms with van der Waals surface area (Å²) in [6.07, 6.45) is 6.78. The van der Waals surface area contributed by atoms with E-state index in [9.17, 15) is 5.11 Å². The molecule has 3 rings (SSSR count). The van der Waals surface area contributed by atoms with E-state index in [2.05, 4.69) is 17.1 Å². The highest BCUT2D eigenvalue weighted by Crippen LogP contribution is 2.40. The SMILES string of the molecule is Cn1cnc(C(O)c2ccccc2C2CCC2)c1. The van der Waals surface area contributed by atoms with E-state index in [0.29, 0.717) is 5.92 Å². The highest BCUT2D eigenvalue weighted by molar-refractivity contribution is 5.36. The maximum Gasteiger partial charge on any atom is 0.123 e. The van der Waals surface area contributed by atoms with Gasteiger partial charge < -0.3 is 9.67 Å². The van der Waals surface area contributed by atoms with Crippen LogP contribution in [0.25, 0.3) is 0 Å². The maximum atomic E-state index is 10.5. The number of hydrogen-bond acceptors (Lipinski definition) is 2. The zero-order valence-corrected chi connectivity index (χ0v) is 10.6. The van der Waals surface area contributed by atoms with E-state index in [0.717, 1.165) is 11.3 Å². The Morgan fingerprint density at radius 3 is 2.72 bits per heavy atom. The molecule has 2 aromatic rings. The van der Waals surface area contributed by atoms with Crippen LogP contribution in [0, 0.1) is 0 Å². The van der Waals surface area contributed by atoms with Crippen molar-refractivity contribution in [3.8, 4) is 0 Å². The summed E-state index contributed by atoms with van der Waals surface area (Å²) in [6.45, 7) is 0. The van der Waals surface area contributed by atoms with Gasteiger partial charge in [-0.05, 0) is 29.9 Å². The molecule has 1 N–H and O–H groups in total. The maximum absolute atomic E-state index is 10.5. The molecule has 1 aromatic carbocycles. The standard InChI is InChI=1S/C15H18N2O/c1-17-9-14(16-10-17)15(18)13-8-3-2-7-12(13)11-5-4-6-11/h2-3,7-11,15,18H,4-6H2,1H3. The van der Waals surface area contributed by atoms with Crippen LogP contribution in [0.15, 0.2) is 36.8 Å². The van der Waals surface area contributed by atoms with Crippen LogP contribution in [0.3, 0.4) is 0 Å². The number of rotatable bonds is 3. The van der Waals surface area contributed by atoms with Gasteiger partial charge in [0.15, 0.2) is 0 Å². The fraction of sp³-hybridized carbons (Fsp3) is 0.400. The van der Waals surface area contributed by atoms with Gasteiger partial charge >= 0.3 is 0 Å². The molecule has 1 atom stereocenters. The monoisotopic (exact) mass is 242 g/mol. The molecule has 0 bridgehead atoms. The van der Waals surface area contributed by atoms with E-state index < -0.39 is 6.10 Å². The quantitative estimate of drug-likeness (QED) is 0.898. The summed E-state index contributed by atoms with van der Waals surface area (Å²) < 4.78 is 1.87. The molecule has 1 aliphatic rings. The number of hydrogen-bond donors (Lipinski definition) is 1. The van der Waals surface area contributed by atoms with Crippen molar-refractivity contribution in [2.24, 2.45) is 7.05 Å². The van der Waals surface area contributed by atoms with Gasteiger partial charge in [0.25, 0.3) is 0 Å². The van der Waals surface area contributed by atoms with Crippen molar-refractivity contribution in [2.45, 2.75) is 31.3 Å². The molecule has 1 saturated carbocycles. The molecule has 1 unspecified atom stereocenters. The first-order valence-corrected chi connectivity index (χ1v) is 6.50. The van der Waals surface area contributed by atoms with Crippen molar-refractivity contribution in [3.63, 3.8) is 0 Å². The molecule has 0 amide bonds. The lowest BCUT2D eigenvalue weighted by molar-refractivity contribution is 0.212. The lowest BCUT2D eigenvalue weighted by Gasteiger charge is -2.29. The van der Waals surface area contributed by atoms with Crippen molar-refractivity contribution in [2.75, 3.05) is 0 Å². The molecular formula is C15H18N2O. The third-order valence-corrected chi connectivity index (χ3v) is 3.84. The third kappa shape index (κ3) is 1.95. The first-order chi connectivity index (χ1) is 8.75. The normalized spacial score (nSPS) is 17.4. The van der Waals surface area contributed by atoms with Crippen molar-refractivity contribution < 1.29 is 5.11 Å². The number of aliphatic hydroxyl groups is 1. The average Bonchev–Trinajstić information content (AvgIpc) is 2.74. The molecule has 1 fully saturated rings. The molecule has 0 spiro atoms. The summed E-state index contributed by atoms with van der Waals surface area (Å²) in [5, 5.41) is 10.5. The number of imidazole rings is 1. The summed E-state index contributed by atoms with van der Waals surface area (Å²) in [5.74, 6) is 0.625. The van der Waals surface area contributed by atoms with Crippen molar-refractivity contribution in [1.29, 1.82) is 0 Å². The minimum Gasteiger partial charge on any atom is -0.382 e. The van der Waals surface area contributed by atoms with Gasteiger partial charge in [0.1, 0.15) is 6.10 Å². The number of aryl methyl sites for hydroxylation is 1. The Morgan fingerprint density at radius 1 is 1.33 bits per heavy atom. The van der Waals surface area contributed by atoms with Crippen LogP contribution < -0.4 is 0 Å². The van der Waals surface area contributed by atoms with Gasteiger partial charge in [-0.15, -0.1) is 0 Å². The second-order valence-electron chi connectivity index (χ2n) is 5.12. The minimum atomic E-state index is -0.608. The van der Waals surface area contributed by atoms with E-state index in [1.165, 1.54) is 24.8 Å². The van der Waals surface area contributed by atoms with E-state index in [1.54, 1.807) is 6.33 Å². The van der Waals surface area contributed by atoms with Gasteiger partial charge in [-0.2, -0.15) is 0 Å². The second-order valence-corrected chi connectivity index (χ2v) is 5.12. The Bertz CT molecular complexity index is 543. The summed E-state index contributed by atoms with van der Waals surface area (Å²) in [7, 11) is 1.92. The van der Waals surface area contributed by atoms with E-state index in [-0.39, 0.29) is 0 Å². The molecule has 1 aliphatic carbocycles. The molecule has 94 valence electrons. The van der Waals surface area contributed by atoms with Crippen molar-refractivity contribution >= 4 is 0 Å². The topological polar surface area (TPSA) is 38.0 Å². The molecular weight excluding hydrogens is 224 g/mol. The first-order valence-electron chi connectivity index (χ1n) is 6.50. The Labute approximate surface area is 107 Å². The predicted octanol–water partition coefficient (Wildman–Crippen LogP) is 2.77. The Kier molecular flexibility index (Phi) is 2.92. The van der Waals surface area contributed by atoms with Gasteiger partial charge in [0, 0.05) is 13.2 Å². The minimum absolute atomic E-state index is 0.608. The Balaban J connectivity index is 1.95. The smallest absolute Gasteiger partial charge is 0.123 e. The van der Waals surface area contributed by atoms with Crippen LogP contribution in [-0.4, -0.2) is 14.7 Å². The highest BCUT2D eigenvalue weighted by Gasteiger charge is 2.25. The van der Waals surface area contributed by atoms with Crippen LogP contribution in [0.1, 0.15) is 48.1 Å². The van der Waals surface area contributed by atoms with Crippen molar-refractivity contribution in [1.82, 2.24) is 9.55 Å². The molecule has 18 heavy (non-hydrogen) atoms. The Hall–Kier alpha value is -1.61. The molecule has 3 heteroatoms. The fourth-order valence-electron chi connectivity index (χ4n) is 2.58. The van der Waals surface area contributed by atoms with Gasteiger partial charge in [-0.3, -0.25) is 0 Å². The number of nitrogens with zero attached hydrogens (tertiary/aromatic N) is 2. The molecule has 3 nitrogen and oxygen atoms in total. The van der Waals surface area contributed by atoms with Crippen LogP contribution in [0.5, 0.6) is 0 Å². The summed E-state index contributed by atoms with van der Waals surface area (Å²) in [6, 6.07) is 8.21. The van der Waals surface area contributed by atoms with Gasteiger partial charge in [-0.1, -0.05) is 30.7 Å². The van der Waals surface area contributed by atoms with Crippen LogP contribution in [-0.2, 0) is 7.05 Å². The first kappa shape index (κ1) is 11.5. The van der Waals surface area contributed by atoms with E-state index in [1.807, 2.05) is 29.9 Å². The number of aromatic nitrogens is 2. The van der Waals surface area contributed by atoms with Gasteiger partial charge in [0.05, 0.1) is 12.0 Å². The van der Waals surface area contributed by atoms with E-state index in [4.69, 9.17) is 0 Å². The zero-order chi connectivity index (χ0) is 12.5. The molecule has 0 saturated heterocycles. The van der Waals surface area contributed by atoms with Gasteiger partial charge in [0.2, 0.25) is 0 Å². The largest absolute Gasteiger partial charge is 0.382 e. The fourth-order valence-corrected chi connectivity index (χ4v) is 2.58. The molecule has 1 aromatic heterocycles. The number of benzene rings is 1. The highest BCUT2D eigenvalue weighted by atomic mass is 16.3. The number of aliphatic hydroxyl groups excluding tert-OH is 1. The molecule has 0 aliphatic heterocycles. The summed E-state index contributed by atoms with van der Waals surface area (Å²) in [5.41, 5.74) is 3.03. The Morgan fingerprint density at radius 2 is 2.11 bits per heavy atom. The van der Waals surface area contributed by atoms with Crippen LogP contribution >= 0.6 is 0 Å². The lowest BCUT2D eigenvalue weighted by Crippen LogP contribution is -2.13. The van der Waals surface area contributed by atoms with E-state index >= 15 is 0 Å². The second kappa shape index (κ2) is 4.58. The van der Waals surface area contributed by atoms with Crippen molar-refractivity contribution in [3.05, 3.63) is 53.6 Å².